The summed E-state index contributed by atoms with van der Waals surface area (Å²) in [6, 6.07) is 9.33. The first kappa shape index (κ1) is 15.1. The highest BCUT2D eigenvalue weighted by Crippen LogP contribution is 1.98. The summed E-state index contributed by atoms with van der Waals surface area (Å²) in [5, 5.41) is 2.55. The number of carbonyl (C=O) groups is 2. The van der Waals surface area contributed by atoms with Crippen molar-refractivity contribution in [1.29, 1.82) is 0 Å². The fraction of sp³-hybridized carbons (Fsp3) is 0.308. The van der Waals surface area contributed by atoms with E-state index < -0.39 is 0 Å². The Morgan fingerprint density at radius 2 is 1.79 bits per heavy atom. The van der Waals surface area contributed by atoms with E-state index in [1.54, 1.807) is 13.8 Å². The molecule has 2 amide bonds. The Balaban J connectivity index is 2.31. The van der Waals surface area contributed by atoms with Gasteiger partial charge in [0.15, 0.2) is 5.11 Å². The van der Waals surface area contributed by atoms with Crippen LogP contribution in [0.2, 0.25) is 0 Å². The van der Waals surface area contributed by atoms with Crippen molar-refractivity contribution < 1.29 is 9.59 Å². The van der Waals surface area contributed by atoms with Crippen LogP contribution >= 0.6 is 12.2 Å². The minimum atomic E-state index is -0.229. The lowest BCUT2D eigenvalue weighted by atomic mass is 10.1. The minimum Gasteiger partial charge on any atom is -0.302 e. The Morgan fingerprint density at radius 1 is 1.16 bits per heavy atom. The molecule has 0 fully saturated rings. The van der Waals surface area contributed by atoms with E-state index in [0.717, 1.165) is 5.56 Å². The van der Waals surface area contributed by atoms with E-state index in [9.17, 15) is 9.59 Å². The Hall–Kier alpha value is -1.95. The van der Waals surface area contributed by atoms with Gasteiger partial charge in [0.1, 0.15) is 0 Å². The lowest BCUT2D eigenvalue weighted by Crippen LogP contribution is -2.49. The molecule has 0 saturated heterocycles. The summed E-state index contributed by atoms with van der Waals surface area (Å²) >= 11 is 4.87. The van der Waals surface area contributed by atoms with Gasteiger partial charge in [-0.05, 0) is 17.8 Å². The third-order valence-electron chi connectivity index (χ3n) is 2.28. The quantitative estimate of drug-likeness (QED) is 0.568. The van der Waals surface area contributed by atoms with Crippen LogP contribution in [0.3, 0.4) is 0 Å². The van der Waals surface area contributed by atoms with Gasteiger partial charge in [-0.2, -0.15) is 0 Å². The molecule has 0 aliphatic carbocycles. The molecular formula is C13H17N3O2S. The normalized spacial score (nSPS) is 9.84. The smallest absolute Gasteiger partial charge is 0.242 e. The summed E-state index contributed by atoms with van der Waals surface area (Å²) in [6.45, 7) is 3.51. The fourth-order valence-corrected chi connectivity index (χ4v) is 1.39. The summed E-state index contributed by atoms with van der Waals surface area (Å²) in [5.74, 6) is -0.595. The third kappa shape index (κ3) is 5.96. The molecular weight excluding hydrogens is 262 g/mol. The number of thiocarbonyl (C=S) groups is 1. The summed E-state index contributed by atoms with van der Waals surface area (Å²) < 4.78 is 0. The molecule has 0 spiro atoms. The molecule has 1 aromatic rings. The topological polar surface area (TPSA) is 70.2 Å². The lowest BCUT2D eigenvalue weighted by Gasteiger charge is -2.11. The Kier molecular flexibility index (Phi) is 5.95. The van der Waals surface area contributed by atoms with Crippen molar-refractivity contribution in [1.82, 2.24) is 16.2 Å². The molecule has 6 heteroatoms. The highest BCUT2D eigenvalue weighted by Gasteiger charge is 2.09. The van der Waals surface area contributed by atoms with Crippen LogP contribution in [0.25, 0.3) is 0 Å². The fourth-order valence-electron chi connectivity index (χ4n) is 1.24. The predicted octanol–water partition coefficient (Wildman–Crippen LogP) is 0.907. The average molecular weight is 279 g/mol. The molecule has 0 aliphatic heterocycles. The van der Waals surface area contributed by atoms with Gasteiger partial charge in [0.25, 0.3) is 0 Å². The van der Waals surface area contributed by atoms with Gasteiger partial charge in [0.05, 0.1) is 6.42 Å². The van der Waals surface area contributed by atoms with Crippen molar-refractivity contribution in [3.8, 4) is 0 Å². The zero-order chi connectivity index (χ0) is 14.3. The van der Waals surface area contributed by atoms with Crippen LogP contribution in [0.1, 0.15) is 19.4 Å². The van der Waals surface area contributed by atoms with Crippen molar-refractivity contribution in [2.75, 3.05) is 0 Å². The molecule has 0 heterocycles. The molecule has 1 rings (SSSR count). The molecule has 102 valence electrons. The van der Waals surface area contributed by atoms with Crippen LogP contribution in [0.4, 0.5) is 0 Å². The second-order valence-electron chi connectivity index (χ2n) is 4.31. The minimum absolute atomic E-state index is 0.0834. The molecule has 19 heavy (non-hydrogen) atoms. The summed E-state index contributed by atoms with van der Waals surface area (Å²) in [5.41, 5.74) is 5.82. The number of hydrogen-bond acceptors (Lipinski definition) is 3. The largest absolute Gasteiger partial charge is 0.302 e. The van der Waals surface area contributed by atoms with Crippen LogP contribution in [-0.2, 0) is 16.0 Å². The molecule has 0 atom stereocenters. The predicted molar refractivity (Wildman–Crippen MR) is 77.0 cm³/mol. The average Bonchev–Trinajstić information content (AvgIpc) is 2.37. The third-order valence-corrected chi connectivity index (χ3v) is 2.49. The number of nitrogens with one attached hydrogen (secondary N) is 3. The number of hydrazine groups is 1. The summed E-state index contributed by atoms with van der Waals surface area (Å²) in [7, 11) is 0. The van der Waals surface area contributed by atoms with Gasteiger partial charge < -0.3 is 5.32 Å². The standard InChI is InChI=1S/C13H17N3O2S/c1-9(2)12(18)14-13(19)16-15-11(17)8-10-6-4-3-5-7-10/h3-7,9H,8H2,1-2H3,(H,15,17)(H2,14,16,18,19). The first-order valence-electron chi connectivity index (χ1n) is 5.92. The van der Waals surface area contributed by atoms with E-state index in [-0.39, 0.29) is 29.3 Å². The molecule has 0 bridgehead atoms. The van der Waals surface area contributed by atoms with Crippen molar-refractivity contribution >= 4 is 29.1 Å². The molecule has 0 radical (unpaired) electrons. The van der Waals surface area contributed by atoms with Gasteiger partial charge in [-0.15, -0.1) is 0 Å². The Labute approximate surface area is 117 Å². The van der Waals surface area contributed by atoms with Gasteiger partial charge in [-0.1, -0.05) is 44.2 Å². The molecule has 5 nitrogen and oxygen atoms in total. The van der Waals surface area contributed by atoms with Crippen LogP contribution in [-0.4, -0.2) is 16.9 Å². The SMILES string of the molecule is CC(C)C(=O)NC(=S)NNC(=O)Cc1ccccc1. The molecule has 0 aliphatic rings. The van der Waals surface area contributed by atoms with E-state index in [1.165, 1.54) is 0 Å². The van der Waals surface area contributed by atoms with Crippen molar-refractivity contribution in [3.63, 3.8) is 0 Å². The molecule has 3 N–H and O–H groups in total. The van der Waals surface area contributed by atoms with Crippen molar-refractivity contribution in [3.05, 3.63) is 35.9 Å². The van der Waals surface area contributed by atoms with Crippen molar-refractivity contribution in [2.24, 2.45) is 5.92 Å². The molecule has 1 aromatic carbocycles. The highest BCUT2D eigenvalue weighted by atomic mass is 32.1. The maximum absolute atomic E-state index is 11.6. The van der Waals surface area contributed by atoms with E-state index in [0.29, 0.717) is 0 Å². The van der Waals surface area contributed by atoms with Gasteiger partial charge in [0.2, 0.25) is 11.8 Å². The summed E-state index contributed by atoms with van der Waals surface area (Å²) in [6.07, 6.45) is 0.245. The molecule has 0 aromatic heterocycles. The first-order valence-corrected chi connectivity index (χ1v) is 6.33. The number of carbonyl (C=O) groups excluding carboxylic acids is 2. The van der Waals surface area contributed by atoms with E-state index in [1.807, 2.05) is 30.3 Å². The Bertz CT molecular complexity index is 460. The highest BCUT2D eigenvalue weighted by molar-refractivity contribution is 7.80. The molecule has 0 unspecified atom stereocenters. The Morgan fingerprint density at radius 3 is 2.37 bits per heavy atom. The lowest BCUT2D eigenvalue weighted by molar-refractivity contribution is -0.123. The zero-order valence-corrected chi connectivity index (χ0v) is 11.7. The second kappa shape index (κ2) is 7.48. The van der Waals surface area contributed by atoms with Crippen LogP contribution in [0, 0.1) is 5.92 Å². The van der Waals surface area contributed by atoms with Crippen LogP contribution in [0.5, 0.6) is 0 Å². The van der Waals surface area contributed by atoms with Crippen LogP contribution in [0.15, 0.2) is 30.3 Å². The number of rotatable bonds is 3. The second-order valence-corrected chi connectivity index (χ2v) is 4.72. The number of benzene rings is 1. The monoisotopic (exact) mass is 279 g/mol. The van der Waals surface area contributed by atoms with Gasteiger partial charge in [0, 0.05) is 5.92 Å². The maximum atomic E-state index is 11.6. The van der Waals surface area contributed by atoms with Gasteiger partial charge >= 0.3 is 0 Å². The molecule has 0 saturated carbocycles. The maximum Gasteiger partial charge on any atom is 0.242 e. The van der Waals surface area contributed by atoms with Crippen LogP contribution < -0.4 is 16.2 Å². The van der Waals surface area contributed by atoms with E-state index >= 15 is 0 Å². The summed E-state index contributed by atoms with van der Waals surface area (Å²) in [4.78, 5) is 22.9. The van der Waals surface area contributed by atoms with Gasteiger partial charge in [-0.3, -0.25) is 20.4 Å². The number of amides is 2. The van der Waals surface area contributed by atoms with Gasteiger partial charge in [-0.25, -0.2) is 0 Å². The van der Waals surface area contributed by atoms with Crippen molar-refractivity contribution in [2.45, 2.75) is 20.3 Å². The number of hydrogen-bond donors (Lipinski definition) is 3. The zero-order valence-electron chi connectivity index (χ0n) is 10.9. The van der Waals surface area contributed by atoms with E-state index in [4.69, 9.17) is 12.2 Å². The van der Waals surface area contributed by atoms with E-state index in [2.05, 4.69) is 16.2 Å². The first-order chi connectivity index (χ1) is 8.99.